The van der Waals surface area contributed by atoms with Crippen molar-refractivity contribution in [3.05, 3.63) is 84.2 Å². The predicted molar refractivity (Wildman–Crippen MR) is 130 cm³/mol. The molecule has 0 spiro atoms. The van der Waals surface area contributed by atoms with Crippen molar-refractivity contribution in [2.45, 2.75) is 23.7 Å². The van der Waals surface area contributed by atoms with E-state index in [0.717, 1.165) is 28.0 Å². The lowest BCUT2D eigenvalue weighted by Crippen LogP contribution is -2.38. The van der Waals surface area contributed by atoms with Crippen LogP contribution in [0.15, 0.2) is 77.7 Å². The molecule has 0 amide bonds. The van der Waals surface area contributed by atoms with E-state index in [9.17, 15) is 13.2 Å². The van der Waals surface area contributed by atoms with Gasteiger partial charge in [-0.15, -0.1) is 0 Å². The van der Waals surface area contributed by atoms with Crippen molar-refractivity contribution in [3.63, 3.8) is 0 Å². The average molecular weight is 476 g/mol. The molecule has 4 aromatic rings. The molecule has 3 aromatic carbocycles. The lowest BCUT2D eigenvalue weighted by atomic mass is 9.97. The highest BCUT2D eigenvalue weighted by Gasteiger charge is 2.31. The van der Waals surface area contributed by atoms with E-state index in [1.807, 2.05) is 42.5 Å². The summed E-state index contributed by atoms with van der Waals surface area (Å²) in [5.41, 5.74) is 4.04. The molecule has 0 saturated carbocycles. The molecule has 0 aliphatic carbocycles. The lowest BCUT2D eigenvalue weighted by Gasteiger charge is -2.30. The van der Waals surface area contributed by atoms with Gasteiger partial charge in [-0.2, -0.15) is 4.31 Å². The topological polar surface area (TPSA) is 92.4 Å². The van der Waals surface area contributed by atoms with Gasteiger partial charge in [0.2, 0.25) is 10.0 Å². The molecule has 8 heteroatoms. The van der Waals surface area contributed by atoms with Gasteiger partial charge in [0.05, 0.1) is 28.6 Å². The molecule has 1 saturated heterocycles. The number of hydrogen-bond donors (Lipinski definition) is 1. The number of H-pyrrole nitrogens is 1. The zero-order valence-corrected chi connectivity index (χ0v) is 19.6. The Morgan fingerprint density at radius 3 is 2.32 bits per heavy atom. The zero-order valence-electron chi connectivity index (χ0n) is 18.8. The minimum Gasteiger partial charge on any atom is -0.465 e. The molecule has 1 N–H and O–H groups in total. The Kier molecular flexibility index (Phi) is 5.93. The van der Waals surface area contributed by atoms with Crippen molar-refractivity contribution in [1.29, 1.82) is 0 Å². The van der Waals surface area contributed by atoms with Crippen LogP contribution in [-0.4, -0.2) is 48.9 Å². The molecule has 1 aliphatic heterocycles. The minimum atomic E-state index is -3.56. The van der Waals surface area contributed by atoms with Gasteiger partial charge in [-0.3, -0.25) is 0 Å². The fourth-order valence-electron chi connectivity index (χ4n) is 4.44. The molecule has 0 unspecified atom stereocenters. The largest absolute Gasteiger partial charge is 0.465 e. The number of aromatic amines is 1. The maximum Gasteiger partial charge on any atom is 0.337 e. The molecule has 7 nitrogen and oxygen atoms in total. The third-order valence-electron chi connectivity index (χ3n) is 6.36. The summed E-state index contributed by atoms with van der Waals surface area (Å²) < 4.78 is 32.8. The minimum absolute atomic E-state index is 0.126. The fourth-order valence-corrected chi connectivity index (χ4v) is 5.91. The van der Waals surface area contributed by atoms with E-state index in [4.69, 9.17) is 4.74 Å². The summed E-state index contributed by atoms with van der Waals surface area (Å²) in [7, 11) is -2.21. The zero-order chi connectivity index (χ0) is 23.7. The molecular formula is C26H25N3O4S. The van der Waals surface area contributed by atoms with E-state index in [2.05, 4.69) is 9.97 Å². The Labute approximate surface area is 198 Å². The van der Waals surface area contributed by atoms with Crippen LogP contribution in [0.3, 0.4) is 0 Å². The molecule has 0 atom stereocenters. The Bertz CT molecular complexity index is 1420. The first-order valence-corrected chi connectivity index (χ1v) is 12.6. The summed E-state index contributed by atoms with van der Waals surface area (Å²) in [6, 6.07) is 22.2. The molecule has 0 radical (unpaired) electrons. The van der Waals surface area contributed by atoms with Gasteiger partial charge in [-0.05, 0) is 54.3 Å². The Morgan fingerprint density at radius 2 is 1.65 bits per heavy atom. The van der Waals surface area contributed by atoms with Crippen LogP contribution in [0.4, 0.5) is 0 Å². The number of imidazole rings is 1. The van der Waals surface area contributed by atoms with Gasteiger partial charge in [0.1, 0.15) is 5.82 Å². The summed E-state index contributed by atoms with van der Waals surface area (Å²) in [6.45, 7) is 0.857. The number of rotatable bonds is 5. The van der Waals surface area contributed by atoms with Gasteiger partial charge in [-0.25, -0.2) is 18.2 Å². The van der Waals surface area contributed by atoms with E-state index in [-0.39, 0.29) is 5.92 Å². The number of fused-ring (bicyclic) bond motifs is 1. The first kappa shape index (κ1) is 22.3. The van der Waals surface area contributed by atoms with E-state index >= 15 is 0 Å². The maximum atomic E-state index is 13.2. The molecule has 5 rings (SSSR count). The second kappa shape index (κ2) is 9.04. The van der Waals surface area contributed by atoms with Gasteiger partial charge in [-0.1, -0.05) is 42.5 Å². The monoisotopic (exact) mass is 475 g/mol. The molecule has 174 valence electrons. The number of carbonyl (C=O) groups is 1. The average Bonchev–Trinajstić information content (AvgIpc) is 3.32. The van der Waals surface area contributed by atoms with Crippen molar-refractivity contribution in [1.82, 2.24) is 14.3 Å². The first-order chi connectivity index (χ1) is 16.5. The second-order valence-electron chi connectivity index (χ2n) is 8.41. The highest BCUT2D eigenvalue weighted by Crippen LogP contribution is 2.31. The standard InChI is InChI=1S/C26H25N3O4S/c1-33-26(30)21-9-12-23-24(17-21)28-25(27-23)20-13-15-29(16-14-20)34(31,32)22-10-7-19(8-11-22)18-5-3-2-4-6-18/h2-12,17,20H,13-16H2,1H3,(H,27,28). The Hall–Kier alpha value is -3.49. The van der Waals surface area contributed by atoms with Crippen molar-refractivity contribution in [3.8, 4) is 11.1 Å². The SMILES string of the molecule is COC(=O)c1ccc2nc(C3CCN(S(=O)(=O)c4ccc(-c5ccccc5)cc4)CC3)[nH]c2c1. The summed E-state index contributed by atoms with van der Waals surface area (Å²) >= 11 is 0. The molecular weight excluding hydrogens is 450 g/mol. The quantitative estimate of drug-likeness (QED) is 0.427. The lowest BCUT2D eigenvalue weighted by molar-refractivity contribution is 0.0601. The van der Waals surface area contributed by atoms with Crippen molar-refractivity contribution in [2.75, 3.05) is 20.2 Å². The van der Waals surface area contributed by atoms with Gasteiger partial charge >= 0.3 is 5.97 Å². The number of methoxy groups -OCH3 is 1. The number of nitrogens with one attached hydrogen (secondary N) is 1. The number of aromatic nitrogens is 2. The van der Waals surface area contributed by atoms with Gasteiger partial charge in [0.15, 0.2) is 0 Å². The number of carbonyl (C=O) groups excluding carboxylic acids is 1. The Balaban J connectivity index is 1.28. The number of sulfonamides is 1. The van der Waals surface area contributed by atoms with Crippen molar-refractivity contribution < 1.29 is 17.9 Å². The number of piperidine rings is 1. The normalized spacial score (nSPS) is 15.4. The van der Waals surface area contributed by atoms with Gasteiger partial charge < -0.3 is 9.72 Å². The van der Waals surface area contributed by atoms with Gasteiger partial charge in [0, 0.05) is 19.0 Å². The summed E-state index contributed by atoms with van der Waals surface area (Å²) in [6.07, 6.45) is 1.34. The molecule has 1 fully saturated rings. The first-order valence-electron chi connectivity index (χ1n) is 11.2. The number of nitrogens with zero attached hydrogens (tertiary/aromatic N) is 2. The number of esters is 1. The van der Waals surface area contributed by atoms with E-state index in [0.29, 0.717) is 36.4 Å². The van der Waals surface area contributed by atoms with Crippen LogP contribution in [0.5, 0.6) is 0 Å². The van der Waals surface area contributed by atoms with Crippen LogP contribution in [0, 0.1) is 0 Å². The van der Waals surface area contributed by atoms with Crippen molar-refractivity contribution in [2.24, 2.45) is 0 Å². The van der Waals surface area contributed by atoms with Crippen LogP contribution in [0.25, 0.3) is 22.2 Å². The third-order valence-corrected chi connectivity index (χ3v) is 8.27. The fraction of sp³-hybridized carbons (Fsp3) is 0.231. The van der Waals surface area contributed by atoms with E-state index < -0.39 is 16.0 Å². The van der Waals surface area contributed by atoms with Crippen LogP contribution >= 0.6 is 0 Å². The molecule has 1 aliphatic rings. The molecule has 1 aromatic heterocycles. The highest BCUT2D eigenvalue weighted by molar-refractivity contribution is 7.89. The van der Waals surface area contributed by atoms with Gasteiger partial charge in [0.25, 0.3) is 0 Å². The highest BCUT2D eigenvalue weighted by atomic mass is 32.2. The van der Waals surface area contributed by atoms with Crippen LogP contribution in [-0.2, 0) is 14.8 Å². The number of hydrogen-bond acceptors (Lipinski definition) is 5. The van der Waals surface area contributed by atoms with E-state index in [1.54, 1.807) is 34.6 Å². The third kappa shape index (κ3) is 4.22. The van der Waals surface area contributed by atoms with Crippen molar-refractivity contribution >= 4 is 27.0 Å². The van der Waals surface area contributed by atoms with Crippen LogP contribution < -0.4 is 0 Å². The van der Waals surface area contributed by atoms with E-state index in [1.165, 1.54) is 7.11 Å². The molecule has 2 heterocycles. The second-order valence-corrected chi connectivity index (χ2v) is 10.4. The summed E-state index contributed by atoms with van der Waals surface area (Å²) in [5.74, 6) is 0.551. The van der Waals surface area contributed by atoms with Crippen LogP contribution in [0.1, 0.15) is 34.9 Å². The smallest absolute Gasteiger partial charge is 0.337 e. The summed E-state index contributed by atoms with van der Waals surface area (Å²) in [5, 5.41) is 0. The number of benzene rings is 3. The maximum absolute atomic E-state index is 13.2. The summed E-state index contributed by atoms with van der Waals surface area (Å²) in [4.78, 5) is 20.1. The molecule has 34 heavy (non-hydrogen) atoms. The molecule has 0 bridgehead atoms. The van der Waals surface area contributed by atoms with Crippen LogP contribution in [0.2, 0.25) is 0 Å². The number of ether oxygens (including phenoxy) is 1. The predicted octanol–water partition coefficient (Wildman–Crippen LogP) is 4.58. The Morgan fingerprint density at radius 1 is 0.971 bits per heavy atom.